The van der Waals surface area contributed by atoms with Gasteiger partial charge < -0.3 is 4.74 Å². The molecule has 0 aliphatic carbocycles. The lowest BCUT2D eigenvalue weighted by Gasteiger charge is -2.33. The van der Waals surface area contributed by atoms with Crippen molar-refractivity contribution >= 4 is 10.0 Å². The van der Waals surface area contributed by atoms with Gasteiger partial charge in [0.2, 0.25) is 10.0 Å². The highest BCUT2D eigenvalue weighted by atomic mass is 32.2. The second-order valence-electron chi connectivity index (χ2n) is 6.05. The van der Waals surface area contributed by atoms with E-state index in [4.69, 9.17) is 10.00 Å². The number of ether oxygens (including phenoxy) is 1. The van der Waals surface area contributed by atoms with Crippen molar-refractivity contribution in [2.24, 2.45) is 0 Å². The van der Waals surface area contributed by atoms with Crippen LogP contribution in [0.15, 0.2) is 59.5 Å². The maximum absolute atomic E-state index is 12.7. The molecule has 136 valence electrons. The van der Waals surface area contributed by atoms with Gasteiger partial charge in [-0.15, -0.1) is 0 Å². The van der Waals surface area contributed by atoms with Gasteiger partial charge in [-0.05, 0) is 30.3 Å². The average Bonchev–Trinajstić information content (AvgIpc) is 2.69. The van der Waals surface area contributed by atoms with E-state index in [1.165, 1.54) is 16.4 Å². The molecule has 0 bridgehead atoms. The van der Waals surface area contributed by atoms with E-state index in [0.717, 1.165) is 12.3 Å². The molecule has 3 rings (SSSR count). The Hall–Kier alpha value is -2.40. The molecular weight excluding hydrogens is 350 g/mol. The minimum Gasteiger partial charge on any atom is -0.492 e. The van der Waals surface area contributed by atoms with Crippen LogP contribution in [0.1, 0.15) is 5.56 Å². The Kier molecular flexibility index (Phi) is 5.89. The van der Waals surface area contributed by atoms with Crippen molar-refractivity contribution in [3.63, 3.8) is 0 Å². The normalized spacial score (nSPS) is 16.1. The Morgan fingerprint density at radius 3 is 2.42 bits per heavy atom. The molecule has 0 radical (unpaired) electrons. The summed E-state index contributed by atoms with van der Waals surface area (Å²) in [5.74, 6) is 0.839. The molecule has 0 saturated carbocycles. The zero-order valence-electron chi connectivity index (χ0n) is 14.4. The van der Waals surface area contributed by atoms with Crippen molar-refractivity contribution in [3.8, 4) is 11.8 Å². The van der Waals surface area contributed by atoms with Crippen LogP contribution in [0.25, 0.3) is 0 Å². The molecule has 1 heterocycles. The molecule has 26 heavy (non-hydrogen) atoms. The van der Waals surface area contributed by atoms with Crippen LogP contribution in [0.2, 0.25) is 0 Å². The minimum atomic E-state index is -3.56. The zero-order chi connectivity index (χ0) is 18.4. The number of sulfonamides is 1. The number of piperazine rings is 1. The van der Waals surface area contributed by atoms with Gasteiger partial charge in [-0.3, -0.25) is 4.90 Å². The third kappa shape index (κ3) is 4.41. The number of hydrogen-bond donors (Lipinski definition) is 0. The molecule has 1 aliphatic heterocycles. The number of hydrogen-bond acceptors (Lipinski definition) is 5. The lowest BCUT2D eigenvalue weighted by atomic mass is 10.2. The van der Waals surface area contributed by atoms with E-state index in [0.29, 0.717) is 38.3 Å². The summed E-state index contributed by atoms with van der Waals surface area (Å²) in [6, 6.07) is 17.8. The van der Waals surface area contributed by atoms with E-state index in [-0.39, 0.29) is 4.90 Å². The molecule has 0 unspecified atom stereocenters. The first-order valence-electron chi connectivity index (χ1n) is 8.50. The fourth-order valence-electron chi connectivity index (χ4n) is 2.88. The Morgan fingerprint density at radius 2 is 1.73 bits per heavy atom. The first-order chi connectivity index (χ1) is 12.6. The first-order valence-corrected chi connectivity index (χ1v) is 9.94. The van der Waals surface area contributed by atoms with Crippen LogP contribution < -0.4 is 4.74 Å². The van der Waals surface area contributed by atoms with Gasteiger partial charge in [0.25, 0.3) is 0 Å². The van der Waals surface area contributed by atoms with Gasteiger partial charge in [-0.1, -0.05) is 24.3 Å². The topological polar surface area (TPSA) is 73.6 Å². The van der Waals surface area contributed by atoms with E-state index in [1.54, 1.807) is 12.1 Å². The standard InChI is InChI=1S/C19H21N3O3S/c20-16-17-5-4-8-19(15-17)26(23,24)22-11-9-21(10-12-22)13-14-25-18-6-2-1-3-7-18/h1-8,15H,9-14H2. The monoisotopic (exact) mass is 371 g/mol. The molecule has 1 saturated heterocycles. The summed E-state index contributed by atoms with van der Waals surface area (Å²) in [4.78, 5) is 2.37. The molecule has 0 N–H and O–H groups in total. The van der Waals surface area contributed by atoms with Crippen molar-refractivity contribution < 1.29 is 13.2 Å². The summed E-state index contributed by atoms with van der Waals surface area (Å²) in [5, 5.41) is 8.96. The molecule has 1 aliphatic rings. The highest BCUT2D eigenvalue weighted by molar-refractivity contribution is 7.89. The van der Waals surface area contributed by atoms with E-state index in [2.05, 4.69) is 4.90 Å². The SMILES string of the molecule is N#Cc1cccc(S(=O)(=O)N2CCN(CCOc3ccccc3)CC2)c1. The fraction of sp³-hybridized carbons (Fsp3) is 0.316. The van der Waals surface area contributed by atoms with E-state index in [1.807, 2.05) is 36.4 Å². The minimum absolute atomic E-state index is 0.178. The van der Waals surface area contributed by atoms with Gasteiger partial charge in [-0.2, -0.15) is 9.57 Å². The molecule has 1 fully saturated rings. The molecular formula is C19H21N3O3S. The Morgan fingerprint density at radius 1 is 1.00 bits per heavy atom. The van der Waals surface area contributed by atoms with Crippen molar-refractivity contribution in [3.05, 3.63) is 60.2 Å². The smallest absolute Gasteiger partial charge is 0.243 e. The summed E-state index contributed by atoms with van der Waals surface area (Å²) in [5.41, 5.74) is 0.350. The predicted molar refractivity (Wildman–Crippen MR) is 98.3 cm³/mol. The molecule has 0 aromatic heterocycles. The lowest BCUT2D eigenvalue weighted by molar-refractivity contribution is 0.159. The molecule has 7 heteroatoms. The average molecular weight is 371 g/mol. The molecule has 2 aromatic rings. The maximum Gasteiger partial charge on any atom is 0.243 e. The summed E-state index contributed by atoms with van der Waals surface area (Å²) < 4.78 is 32.6. The Labute approximate surface area is 154 Å². The van der Waals surface area contributed by atoms with Crippen LogP contribution in [-0.2, 0) is 10.0 Å². The summed E-state index contributed by atoms with van der Waals surface area (Å²) in [6.45, 7) is 3.52. The van der Waals surface area contributed by atoms with Crippen molar-refractivity contribution in [1.29, 1.82) is 5.26 Å². The van der Waals surface area contributed by atoms with Gasteiger partial charge in [0.05, 0.1) is 16.5 Å². The number of rotatable bonds is 6. The van der Waals surface area contributed by atoms with Crippen molar-refractivity contribution in [1.82, 2.24) is 9.21 Å². The predicted octanol–water partition coefficient (Wildman–Crippen LogP) is 1.94. The summed E-state index contributed by atoms with van der Waals surface area (Å²) in [6.07, 6.45) is 0. The summed E-state index contributed by atoms with van der Waals surface area (Å²) in [7, 11) is -3.56. The quantitative estimate of drug-likeness (QED) is 0.776. The molecule has 0 amide bonds. The zero-order valence-corrected chi connectivity index (χ0v) is 15.2. The van der Waals surface area contributed by atoms with Gasteiger partial charge in [0.15, 0.2) is 0 Å². The Bertz CT molecular complexity index is 870. The molecule has 0 atom stereocenters. The van der Waals surface area contributed by atoms with Crippen LogP contribution in [0.4, 0.5) is 0 Å². The van der Waals surface area contributed by atoms with Gasteiger partial charge in [0, 0.05) is 32.7 Å². The van der Waals surface area contributed by atoms with Crippen LogP contribution in [0.3, 0.4) is 0 Å². The fourth-order valence-corrected chi connectivity index (χ4v) is 4.35. The van der Waals surface area contributed by atoms with Crippen LogP contribution in [0, 0.1) is 11.3 Å². The van der Waals surface area contributed by atoms with E-state index < -0.39 is 10.0 Å². The highest BCUT2D eigenvalue weighted by Gasteiger charge is 2.28. The molecule has 0 spiro atoms. The van der Waals surface area contributed by atoms with Gasteiger partial charge in [0.1, 0.15) is 12.4 Å². The number of nitriles is 1. The van der Waals surface area contributed by atoms with Crippen molar-refractivity contribution in [2.75, 3.05) is 39.3 Å². The third-order valence-electron chi connectivity index (χ3n) is 4.35. The van der Waals surface area contributed by atoms with Gasteiger partial charge >= 0.3 is 0 Å². The molecule has 2 aromatic carbocycles. The van der Waals surface area contributed by atoms with E-state index >= 15 is 0 Å². The first kappa shape index (κ1) is 18.4. The highest BCUT2D eigenvalue weighted by Crippen LogP contribution is 2.18. The number of benzene rings is 2. The number of para-hydroxylation sites is 1. The summed E-state index contributed by atoms with van der Waals surface area (Å²) >= 11 is 0. The van der Waals surface area contributed by atoms with Gasteiger partial charge in [-0.25, -0.2) is 8.42 Å². The molecule has 6 nitrogen and oxygen atoms in total. The largest absolute Gasteiger partial charge is 0.492 e. The maximum atomic E-state index is 12.7. The van der Waals surface area contributed by atoms with E-state index in [9.17, 15) is 8.42 Å². The van der Waals surface area contributed by atoms with Crippen LogP contribution in [0.5, 0.6) is 5.75 Å². The number of nitrogens with zero attached hydrogens (tertiary/aromatic N) is 3. The third-order valence-corrected chi connectivity index (χ3v) is 6.25. The second kappa shape index (κ2) is 8.32. The second-order valence-corrected chi connectivity index (χ2v) is 7.98. The van der Waals surface area contributed by atoms with Crippen molar-refractivity contribution in [2.45, 2.75) is 4.90 Å². The Balaban J connectivity index is 1.52. The van der Waals surface area contributed by atoms with Crippen LogP contribution in [-0.4, -0.2) is 57.0 Å². The van der Waals surface area contributed by atoms with Crippen LogP contribution >= 0.6 is 0 Å². The lowest BCUT2D eigenvalue weighted by Crippen LogP contribution is -2.49.